The smallest absolute Gasteiger partial charge is 0.342 e. The van der Waals surface area contributed by atoms with Crippen LogP contribution in [0.4, 0.5) is 0 Å². The number of hydrogen-bond acceptors (Lipinski definition) is 4. The van der Waals surface area contributed by atoms with Crippen LogP contribution in [0.2, 0.25) is 0 Å². The van der Waals surface area contributed by atoms with Crippen LogP contribution in [0.25, 0.3) is 0 Å². The van der Waals surface area contributed by atoms with Gasteiger partial charge in [-0.2, -0.15) is 0 Å². The van der Waals surface area contributed by atoms with Gasteiger partial charge in [0.25, 0.3) is 5.91 Å². The Morgan fingerprint density at radius 3 is 2.79 bits per heavy atom. The van der Waals surface area contributed by atoms with E-state index in [0.717, 1.165) is 11.8 Å². The number of carbonyl (C=O) groups is 2. The molecule has 0 aromatic heterocycles. The molecule has 0 radical (unpaired) electrons. The van der Waals surface area contributed by atoms with E-state index in [-0.39, 0.29) is 29.9 Å². The molecule has 5 nitrogen and oxygen atoms in total. The number of aromatic hydroxyl groups is 1. The van der Waals surface area contributed by atoms with Crippen LogP contribution in [0, 0.1) is 24.7 Å². The van der Waals surface area contributed by atoms with Crippen LogP contribution in [0.5, 0.6) is 5.75 Å². The maximum atomic E-state index is 12.1. The highest BCUT2D eigenvalue weighted by Gasteiger charge is 2.42. The van der Waals surface area contributed by atoms with Gasteiger partial charge in [0.05, 0.1) is 0 Å². The zero-order valence-electron chi connectivity index (χ0n) is 14.2. The van der Waals surface area contributed by atoms with Gasteiger partial charge in [0.1, 0.15) is 11.3 Å². The Kier molecular flexibility index (Phi) is 4.78. The van der Waals surface area contributed by atoms with Crippen molar-refractivity contribution in [2.75, 3.05) is 6.61 Å². The Balaban J connectivity index is 1.48. The number of amides is 1. The number of hydrogen-bond donors (Lipinski definition) is 2. The molecule has 2 bridgehead atoms. The maximum Gasteiger partial charge on any atom is 0.342 e. The molecule has 1 amide bonds. The van der Waals surface area contributed by atoms with Gasteiger partial charge < -0.3 is 15.2 Å². The molecular weight excluding hydrogens is 306 g/mol. The average molecular weight is 331 g/mol. The van der Waals surface area contributed by atoms with Crippen molar-refractivity contribution in [1.82, 2.24) is 5.32 Å². The zero-order chi connectivity index (χ0) is 17.3. The number of phenolic OH excluding ortho intramolecular Hbond substituents is 1. The fourth-order valence-electron chi connectivity index (χ4n) is 4.34. The summed E-state index contributed by atoms with van der Waals surface area (Å²) in [5.74, 6) is 1.05. The molecule has 1 aromatic carbocycles. The van der Waals surface area contributed by atoms with E-state index in [9.17, 15) is 14.7 Å². The molecule has 2 fully saturated rings. The molecule has 0 spiro atoms. The second kappa shape index (κ2) is 6.83. The summed E-state index contributed by atoms with van der Waals surface area (Å²) in [6, 6.07) is 4.97. The van der Waals surface area contributed by atoms with Crippen LogP contribution in [0.1, 0.15) is 48.5 Å². The third kappa shape index (κ3) is 3.40. The minimum atomic E-state index is -0.682. The topological polar surface area (TPSA) is 75.6 Å². The van der Waals surface area contributed by atoms with Gasteiger partial charge >= 0.3 is 5.97 Å². The van der Waals surface area contributed by atoms with Gasteiger partial charge in [-0.1, -0.05) is 18.6 Å². The molecule has 2 aliphatic rings. The van der Waals surface area contributed by atoms with Crippen LogP contribution in [0.15, 0.2) is 18.2 Å². The largest absolute Gasteiger partial charge is 0.507 e. The van der Waals surface area contributed by atoms with E-state index in [1.165, 1.54) is 31.7 Å². The summed E-state index contributed by atoms with van der Waals surface area (Å²) in [4.78, 5) is 24.1. The van der Waals surface area contributed by atoms with Crippen molar-refractivity contribution in [3.63, 3.8) is 0 Å². The first-order chi connectivity index (χ1) is 11.5. The highest BCUT2D eigenvalue weighted by atomic mass is 16.5. The van der Waals surface area contributed by atoms with Gasteiger partial charge in [0.15, 0.2) is 6.61 Å². The second-order valence-electron chi connectivity index (χ2n) is 7.24. The lowest BCUT2D eigenvalue weighted by atomic mass is 9.84. The van der Waals surface area contributed by atoms with Crippen molar-refractivity contribution in [3.05, 3.63) is 29.3 Å². The lowest BCUT2D eigenvalue weighted by molar-refractivity contribution is -0.125. The van der Waals surface area contributed by atoms with Gasteiger partial charge in [-0.3, -0.25) is 4.79 Å². The first kappa shape index (κ1) is 16.8. The lowest BCUT2D eigenvalue weighted by Gasteiger charge is -2.28. The Morgan fingerprint density at radius 1 is 1.33 bits per heavy atom. The average Bonchev–Trinajstić information content (AvgIpc) is 3.18. The zero-order valence-corrected chi connectivity index (χ0v) is 14.2. The molecule has 3 rings (SSSR count). The number of esters is 1. The van der Waals surface area contributed by atoms with Crippen molar-refractivity contribution in [2.24, 2.45) is 17.8 Å². The van der Waals surface area contributed by atoms with Crippen molar-refractivity contribution in [2.45, 2.75) is 45.6 Å². The molecule has 0 saturated heterocycles. The molecule has 2 saturated carbocycles. The van der Waals surface area contributed by atoms with E-state index in [4.69, 9.17) is 4.74 Å². The number of benzene rings is 1. The number of ether oxygens (including phenoxy) is 1. The summed E-state index contributed by atoms with van der Waals surface area (Å²) < 4.78 is 5.04. The minimum Gasteiger partial charge on any atom is -0.507 e. The van der Waals surface area contributed by atoms with E-state index in [2.05, 4.69) is 5.32 Å². The second-order valence-corrected chi connectivity index (χ2v) is 7.24. The fourth-order valence-corrected chi connectivity index (χ4v) is 4.34. The molecule has 5 heteroatoms. The maximum absolute atomic E-state index is 12.1. The van der Waals surface area contributed by atoms with Crippen LogP contribution < -0.4 is 5.32 Å². The predicted molar refractivity (Wildman–Crippen MR) is 89.7 cm³/mol. The SMILES string of the molecule is Cc1cccc(C(=O)OCC(=O)N[C@@H](C)[C@H]2C[C@@H]3CC[C@H]2C3)c1O. The van der Waals surface area contributed by atoms with Gasteiger partial charge in [0.2, 0.25) is 0 Å². The number of aryl methyl sites for hydroxylation is 1. The molecule has 1 aromatic rings. The summed E-state index contributed by atoms with van der Waals surface area (Å²) in [6.45, 7) is 3.42. The summed E-state index contributed by atoms with van der Waals surface area (Å²) in [7, 11) is 0. The van der Waals surface area contributed by atoms with Crippen molar-refractivity contribution < 1.29 is 19.4 Å². The van der Waals surface area contributed by atoms with E-state index in [1.54, 1.807) is 19.1 Å². The summed E-state index contributed by atoms with van der Waals surface area (Å²) in [5.41, 5.74) is 0.683. The summed E-state index contributed by atoms with van der Waals surface area (Å²) >= 11 is 0. The molecule has 0 heterocycles. The normalized spacial score (nSPS) is 26.2. The first-order valence-corrected chi connectivity index (χ1v) is 8.70. The number of fused-ring (bicyclic) bond motifs is 2. The Hall–Kier alpha value is -2.04. The van der Waals surface area contributed by atoms with Gasteiger partial charge in [-0.25, -0.2) is 4.79 Å². The van der Waals surface area contributed by atoms with E-state index in [0.29, 0.717) is 11.5 Å². The molecule has 24 heavy (non-hydrogen) atoms. The Morgan fingerprint density at radius 2 is 2.12 bits per heavy atom. The third-order valence-electron chi connectivity index (χ3n) is 5.62. The third-order valence-corrected chi connectivity index (χ3v) is 5.62. The Labute approximate surface area is 142 Å². The molecule has 0 unspecified atom stereocenters. The molecule has 2 N–H and O–H groups in total. The van der Waals surface area contributed by atoms with Crippen molar-refractivity contribution >= 4 is 11.9 Å². The van der Waals surface area contributed by atoms with Gasteiger partial charge in [-0.05, 0) is 62.5 Å². The number of carbonyl (C=O) groups excluding carboxylic acids is 2. The molecule has 0 aliphatic heterocycles. The highest BCUT2D eigenvalue weighted by molar-refractivity contribution is 5.94. The van der Waals surface area contributed by atoms with Crippen LogP contribution >= 0.6 is 0 Å². The van der Waals surface area contributed by atoms with Gasteiger partial charge in [-0.15, -0.1) is 0 Å². The van der Waals surface area contributed by atoms with Gasteiger partial charge in [0, 0.05) is 6.04 Å². The number of nitrogens with one attached hydrogen (secondary N) is 1. The quantitative estimate of drug-likeness (QED) is 0.814. The van der Waals surface area contributed by atoms with Crippen molar-refractivity contribution in [3.8, 4) is 5.75 Å². The van der Waals surface area contributed by atoms with Crippen LogP contribution in [-0.4, -0.2) is 29.6 Å². The standard InChI is InChI=1S/C19H25NO4/c1-11-4-3-5-15(18(11)22)19(23)24-10-17(21)20-12(2)16-9-13-6-7-14(16)8-13/h3-5,12-14,16,22H,6-10H2,1-2H3,(H,20,21)/t12-,13+,14-,16+/m0/s1. The summed E-state index contributed by atoms with van der Waals surface area (Å²) in [6.07, 6.45) is 5.10. The minimum absolute atomic E-state index is 0.0870. The van der Waals surface area contributed by atoms with E-state index >= 15 is 0 Å². The number of para-hydroxylation sites is 1. The number of phenols is 1. The fraction of sp³-hybridized carbons (Fsp3) is 0.579. The van der Waals surface area contributed by atoms with E-state index in [1.807, 2.05) is 6.92 Å². The van der Waals surface area contributed by atoms with Crippen LogP contribution in [0.3, 0.4) is 0 Å². The lowest BCUT2D eigenvalue weighted by Crippen LogP contribution is -2.42. The monoisotopic (exact) mass is 331 g/mol. The highest BCUT2D eigenvalue weighted by Crippen LogP contribution is 2.49. The number of rotatable bonds is 5. The summed E-state index contributed by atoms with van der Waals surface area (Å²) in [5, 5.41) is 12.8. The molecule has 130 valence electrons. The van der Waals surface area contributed by atoms with Crippen LogP contribution in [-0.2, 0) is 9.53 Å². The van der Waals surface area contributed by atoms with E-state index < -0.39 is 5.97 Å². The molecular formula is C19H25NO4. The first-order valence-electron chi connectivity index (χ1n) is 8.70. The van der Waals surface area contributed by atoms with Crippen molar-refractivity contribution in [1.29, 1.82) is 0 Å². The predicted octanol–water partition coefficient (Wildman–Crippen LogP) is 2.80. The molecule has 4 atom stereocenters. The molecule has 2 aliphatic carbocycles. The Bertz CT molecular complexity index is 642.